The third-order valence-corrected chi connectivity index (χ3v) is 5.09. The second-order valence-electron chi connectivity index (χ2n) is 4.37. The predicted molar refractivity (Wildman–Crippen MR) is 82.1 cm³/mol. The maximum absolute atomic E-state index is 12.2. The summed E-state index contributed by atoms with van der Waals surface area (Å²) in [7, 11) is -3.62. The summed E-state index contributed by atoms with van der Waals surface area (Å²) < 4.78 is 27.8. The first kappa shape index (κ1) is 15.0. The van der Waals surface area contributed by atoms with Crippen LogP contribution in [0.25, 0.3) is 0 Å². The van der Waals surface area contributed by atoms with Crippen LogP contribution in [0, 0.1) is 6.92 Å². The average molecular weight is 356 g/mol. The highest BCUT2D eigenvalue weighted by atomic mass is 79.9. The van der Waals surface area contributed by atoms with Crippen LogP contribution in [0.3, 0.4) is 0 Å². The number of hydrogen-bond donors (Lipinski definition) is 2. The SMILES string of the molecule is Cc1ccc(NS(=O)(=O)c2ccc(CO)cc2)cc1Br. The fourth-order valence-electron chi connectivity index (χ4n) is 1.64. The van der Waals surface area contributed by atoms with Gasteiger partial charge in [0.15, 0.2) is 0 Å². The smallest absolute Gasteiger partial charge is 0.261 e. The molecule has 0 saturated carbocycles. The molecule has 2 N–H and O–H groups in total. The summed E-state index contributed by atoms with van der Waals surface area (Å²) in [5, 5.41) is 8.95. The van der Waals surface area contributed by atoms with Gasteiger partial charge in [-0.15, -0.1) is 0 Å². The Bertz CT molecular complexity index is 712. The Labute approximate surface area is 126 Å². The van der Waals surface area contributed by atoms with Gasteiger partial charge in [-0.3, -0.25) is 4.72 Å². The number of benzene rings is 2. The molecule has 0 aliphatic carbocycles. The van der Waals surface area contributed by atoms with E-state index in [4.69, 9.17) is 5.11 Å². The highest BCUT2D eigenvalue weighted by Gasteiger charge is 2.14. The summed E-state index contributed by atoms with van der Waals surface area (Å²) in [5.74, 6) is 0. The summed E-state index contributed by atoms with van der Waals surface area (Å²) in [4.78, 5) is 0.159. The maximum Gasteiger partial charge on any atom is 0.261 e. The molecule has 0 unspecified atom stereocenters. The van der Waals surface area contributed by atoms with Gasteiger partial charge in [0, 0.05) is 10.2 Å². The van der Waals surface area contributed by atoms with Crippen LogP contribution in [-0.2, 0) is 16.6 Å². The highest BCUT2D eigenvalue weighted by molar-refractivity contribution is 9.10. The number of hydrogen-bond acceptors (Lipinski definition) is 3. The molecule has 0 spiro atoms. The molecule has 4 nitrogen and oxygen atoms in total. The van der Waals surface area contributed by atoms with Gasteiger partial charge in [-0.05, 0) is 42.3 Å². The van der Waals surface area contributed by atoms with Crippen LogP contribution in [-0.4, -0.2) is 13.5 Å². The molecule has 0 heterocycles. The summed E-state index contributed by atoms with van der Waals surface area (Å²) >= 11 is 3.37. The number of halogens is 1. The first-order chi connectivity index (χ1) is 9.42. The fraction of sp³-hybridized carbons (Fsp3) is 0.143. The van der Waals surface area contributed by atoms with Crippen molar-refractivity contribution in [3.05, 3.63) is 58.1 Å². The number of rotatable bonds is 4. The topological polar surface area (TPSA) is 66.4 Å². The van der Waals surface area contributed by atoms with Crippen LogP contribution in [0.1, 0.15) is 11.1 Å². The van der Waals surface area contributed by atoms with E-state index < -0.39 is 10.0 Å². The zero-order chi connectivity index (χ0) is 14.8. The van der Waals surface area contributed by atoms with Crippen LogP contribution in [0.4, 0.5) is 5.69 Å². The lowest BCUT2D eigenvalue weighted by Crippen LogP contribution is -2.13. The molecule has 6 heteroatoms. The molecule has 0 aromatic heterocycles. The number of anilines is 1. The van der Waals surface area contributed by atoms with Crippen molar-refractivity contribution < 1.29 is 13.5 Å². The second kappa shape index (κ2) is 5.95. The summed E-state index contributed by atoms with van der Waals surface area (Å²) in [6.45, 7) is 1.81. The number of nitrogens with one attached hydrogen (secondary N) is 1. The molecule has 20 heavy (non-hydrogen) atoms. The Hall–Kier alpha value is -1.37. The van der Waals surface area contributed by atoms with Crippen molar-refractivity contribution in [1.29, 1.82) is 0 Å². The first-order valence-electron chi connectivity index (χ1n) is 5.91. The lowest BCUT2D eigenvalue weighted by atomic mass is 10.2. The molecule has 0 saturated heterocycles. The average Bonchev–Trinajstić information content (AvgIpc) is 2.43. The van der Waals surface area contributed by atoms with Crippen molar-refractivity contribution in [2.75, 3.05) is 4.72 Å². The lowest BCUT2D eigenvalue weighted by Gasteiger charge is -2.09. The van der Waals surface area contributed by atoms with Crippen molar-refractivity contribution in [1.82, 2.24) is 0 Å². The van der Waals surface area contributed by atoms with Crippen LogP contribution in [0.5, 0.6) is 0 Å². The minimum Gasteiger partial charge on any atom is -0.392 e. The van der Waals surface area contributed by atoms with Gasteiger partial charge in [-0.1, -0.05) is 34.1 Å². The van der Waals surface area contributed by atoms with E-state index in [-0.39, 0.29) is 11.5 Å². The minimum absolute atomic E-state index is 0.112. The lowest BCUT2D eigenvalue weighted by molar-refractivity contribution is 0.282. The molecule has 2 rings (SSSR count). The van der Waals surface area contributed by atoms with Crippen LogP contribution in [0.15, 0.2) is 51.8 Å². The van der Waals surface area contributed by atoms with Gasteiger partial charge in [0.1, 0.15) is 0 Å². The molecule has 0 atom stereocenters. The number of aliphatic hydroxyl groups is 1. The van der Waals surface area contributed by atoms with E-state index in [0.717, 1.165) is 10.0 Å². The zero-order valence-electron chi connectivity index (χ0n) is 10.8. The number of sulfonamides is 1. The molecule has 0 bridgehead atoms. The second-order valence-corrected chi connectivity index (χ2v) is 6.91. The van der Waals surface area contributed by atoms with Crippen LogP contribution < -0.4 is 4.72 Å². The van der Waals surface area contributed by atoms with Gasteiger partial charge in [0.2, 0.25) is 0 Å². The van der Waals surface area contributed by atoms with Crippen molar-refractivity contribution in [3.8, 4) is 0 Å². The molecule has 2 aromatic carbocycles. The molecule has 0 radical (unpaired) electrons. The van der Waals surface area contributed by atoms with Gasteiger partial charge < -0.3 is 5.11 Å². The minimum atomic E-state index is -3.62. The van der Waals surface area contributed by atoms with Crippen LogP contribution in [0.2, 0.25) is 0 Å². The molecule has 0 aliphatic heterocycles. The van der Waals surface area contributed by atoms with Crippen molar-refractivity contribution in [3.63, 3.8) is 0 Å². The van der Waals surface area contributed by atoms with Gasteiger partial charge in [-0.25, -0.2) is 8.42 Å². The summed E-state index contributed by atoms with van der Waals surface area (Å²) in [5.41, 5.74) is 2.19. The Balaban J connectivity index is 2.27. The largest absolute Gasteiger partial charge is 0.392 e. The molecular formula is C14H14BrNO3S. The van der Waals surface area contributed by atoms with Gasteiger partial charge in [0.05, 0.1) is 11.5 Å². The Morgan fingerprint density at radius 3 is 2.35 bits per heavy atom. The number of aryl methyl sites for hydroxylation is 1. The maximum atomic E-state index is 12.2. The molecule has 0 amide bonds. The Kier molecular flexibility index (Phi) is 4.47. The van der Waals surface area contributed by atoms with E-state index >= 15 is 0 Å². The van der Waals surface area contributed by atoms with E-state index in [0.29, 0.717) is 11.3 Å². The molecular weight excluding hydrogens is 342 g/mol. The van der Waals surface area contributed by atoms with E-state index in [1.165, 1.54) is 12.1 Å². The highest BCUT2D eigenvalue weighted by Crippen LogP contribution is 2.23. The quantitative estimate of drug-likeness (QED) is 0.885. The summed E-state index contributed by atoms with van der Waals surface area (Å²) in [6, 6.07) is 11.4. The third-order valence-electron chi connectivity index (χ3n) is 2.84. The summed E-state index contributed by atoms with van der Waals surface area (Å²) in [6.07, 6.45) is 0. The van der Waals surface area contributed by atoms with E-state index in [9.17, 15) is 8.42 Å². The molecule has 106 valence electrons. The van der Waals surface area contributed by atoms with Crippen molar-refractivity contribution >= 4 is 31.6 Å². The normalized spacial score (nSPS) is 11.3. The van der Waals surface area contributed by atoms with Gasteiger partial charge in [0.25, 0.3) is 10.0 Å². The van der Waals surface area contributed by atoms with Crippen molar-refractivity contribution in [2.45, 2.75) is 18.4 Å². The molecule has 0 aliphatic rings. The zero-order valence-corrected chi connectivity index (χ0v) is 13.2. The third kappa shape index (κ3) is 3.39. The predicted octanol–water partition coefficient (Wildman–Crippen LogP) is 3.05. The van der Waals surface area contributed by atoms with Gasteiger partial charge in [-0.2, -0.15) is 0 Å². The number of aliphatic hydroxyl groups excluding tert-OH is 1. The Morgan fingerprint density at radius 2 is 1.80 bits per heavy atom. The monoisotopic (exact) mass is 355 g/mol. The molecule has 2 aromatic rings. The fourth-order valence-corrected chi connectivity index (χ4v) is 3.07. The molecule has 0 fully saturated rings. The Morgan fingerprint density at radius 1 is 1.15 bits per heavy atom. The first-order valence-corrected chi connectivity index (χ1v) is 8.19. The van der Waals surface area contributed by atoms with Gasteiger partial charge >= 0.3 is 0 Å². The van der Waals surface area contributed by atoms with E-state index in [2.05, 4.69) is 20.7 Å². The van der Waals surface area contributed by atoms with E-state index in [1.54, 1.807) is 24.3 Å². The standard InChI is InChI=1S/C14H14BrNO3S/c1-10-2-5-12(8-14(10)15)16-20(18,19)13-6-3-11(9-17)4-7-13/h2-8,16-17H,9H2,1H3. The van der Waals surface area contributed by atoms with Crippen LogP contribution >= 0.6 is 15.9 Å². The van der Waals surface area contributed by atoms with Crippen molar-refractivity contribution in [2.24, 2.45) is 0 Å². The van der Waals surface area contributed by atoms with E-state index in [1.807, 2.05) is 13.0 Å².